The zero-order valence-electron chi connectivity index (χ0n) is 16.0. The van der Waals surface area contributed by atoms with Crippen molar-refractivity contribution in [1.82, 2.24) is 14.8 Å². The van der Waals surface area contributed by atoms with Gasteiger partial charge in [0.25, 0.3) is 5.91 Å². The maximum Gasteiger partial charge on any atom is 0.254 e. The summed E-state index contributed by atoms with van der Waals surface area (Å²) in [5.41, 5.74) is 1.31. The van der Waals surface area contributed by atoms with E-state index in [1.54, 1.807) is 13.2 Å². The molecule has 2 aromatic rings. The zero-order chi connectivity index (χ0) is 19.0. The van der Waals surface area contributed by atoms with Gasteiger partial charge in [0, 0.05) is 36.0 Å². The van der Waals surface area contributed by atoms with E-state index in [2.05, 4.69) is 16.9 Å². The van der Waals surface area contributed by atoms with Gasteiger partial charge in [-0.3, -0.25) is 4.79 Å². The van der Waals surface area contributed by atoms with Crippen molar-refractivity contribution in [3.63, 3.8) is 0 Å². The lowest BCUT2D eigenvalue weighted by Crippen LogP contribution is -2.62. The third-order valence-corrected chi connectivity index (χ3v) is 6.43. The molecule has 0 aliphatic carbocycles. The molecule has 0 saturated carbocycles. The minimum atomic E-state index is -0.0816. The van der Waals surface area contributed by atoms with Gasteiger partial charge in [-0.15, -0.1) is 0 Å². The van der Waals surface area contributed by atoms with Gasteiger partial charge in [0.15, 0.2) is 0 Å². The number of nitrogens with zero attached hydrogens (tertiary/aromatic N) is 3. The van der Waals surface area contributed by atoms with Crippen molar-refractivity contribution in [2.45, 2.75) is 25.3 Å². The zero-order valence-corrected chi connectivity index (χ0v) is 16.0. The second-order valence-corrected chi connectivity index (χ2v) is 7.85. The van der Waals surface area contributed by atoms with Crippen molar-refractivity contribution in [1.29, 1.82) is 0 Å². The first-order valence-corrected chi connectivity index (χ1v) is 9.62. The van der Waals surface area contributed by atoms with E-state index in [-0.39, 0.29) is 24.0 Å². The molecule has 2 fully saturated rings. The largest absolute Gasteiger partial charge is 0.481 e. The van der Waals surface area contributed by atoms with Gasteiger partial charge >= 0.3 is 0 Å². The van der Waals surface area contributed by atoms with Crippen molar-refractivity contribution in [2.75, 3.05) is 40.4 Å². The number of likely N-dealkylation sites (N-methyl/N-ethyl adjacent to an activating group) is 1. The Morgan fingerprint density at radius 1 is 1.33 bits per heavy atom. The number of benzene rings is 1. The monoisotopic (exact) mass is 369 g/mol. The summed E-state index contributed by atoms with van der Waals surface area (Å²) in [6.45, 7) is 2.52. The highest BCUT2D eigenvalue weighted by Gasteiger charge is 2.47. The van der Waals surface area contributed by atoms with Crippen LogP contribution >= 0.6 is 0 Å². The normalized spacial score (nSPS) is 26.0. The van der Waals surface area contributed by atoms with Crippen LogP contribution in [-0.2, 0) is 0 Å². The number of likely N-dealkylation sites (tertiary alicyclic amines) is 2. The number of hydrogen-bond acceptors (Lipinski definition) is 5. The molecule has 6 heteroatoms. The van der Waals surface area contributed by atoms with Gasteiger partial charge in [-0.1, -0.05) is 18.2 Å². The Balaban J connectivity index is 1.67. The summed E-state index contributed by atoms with van der Waals surface area (Å²) >= 11 is 0. The van der Waals surface area contributed by atoms with Crippen LogP contribution in [0.25, 0.3) is 10.9 Å². The summed E-state index contributed by atoms with van der Waals surface area (Å²) in [4.78, 5) is 22.1. The molecule has 3 heterocycles. The van der Waals surface area contributed by atoms with Gasteiger partial charge in [0.05, 0.1) is 24.8 Å². The summed E-state index contributed by atoms with van der Waals surface area (Å²) in [6, 6.07) is 9.61. The molecule has 0 unspecified atom stereocenters. The summed E-state index contributed by atoms with van der Waals surface area (Å²) in [6.07, 6.45) is 2.98. The number of para-hydroxylation sites is 1. The van der Waals surface area contributed by atoms with E-state index in [1.165, 1.54) is 0 Å². The molecular formula is C21H27N3O3. The predicted octanol–water partition coefficient (Wildman–Crippen LogP) is 2.16. The third kappa shape index (κ3) is 3.07. The van der Waals surface area contributed by atoms with Crippen LogP contribution in [0.4, 0.5) is 0 Å². The van der Waals surface area contributed by atoms with E-state index >= 15 is 0 Å². The molecular weight excluding hydrogens is 342 g/mol. The molecule has 4 rings (SSSR count). The first kappa shape index (κ1) is 18.2. The number of fused-ring (bicyclic) bond motifs is 2. The number of piperidine rings is 2. The highest BCUT2D eigenvalue weighted by Crippen LogP contribution is 2.42. The Bertz CT molecular complexity index is 856. The highest BCUT2D eigenvalue weighted by atomic mass is 16.5. The van der Waals surface area contributed by atoms with Crippen LogP contribution in [0, 0.1) is 5.41 Å². The van der Waals surface area contributed by atoms with Gasteiger partial charge < -0.3 is 19.6 Å². The molecule has 2 aliphatic rings. The fourth-order valence-corrected chi connectivity index (χ4v) is 4.80. The lowest BCUT2D eigenvalue weighted by atomic mass is 9.69. The van der Waals surface area contributed by atoms with E-state index < -0.39 is 0 Å². The quantitative estimate of drug-likeness (QED) is 0.898. The molecule has 27 heavy (non-hydrogen) atoms. The Morgan fingerprint density at radius 2 is 2.15 bits per heavy atom. The van der Waals surface area contributed by atoms with Crippen LogP contribution in [0.15, 0.2) is 30.3 Å². The number of pyridine rings is 1. The van der Waals surface area contributed by atoms with Crippen molar-refractivity contribution < 1.29 is 14.6 Å². The Morgan fingerprint density at radius 3 is 2.93 bits per heavy atom. The molecule has 1 amide bonds. The molecule has 1 aromatic heterocycles. The third-order valence-electron chi connectivity index (χ3n) is 6.43. The fourth-order valence-electron chi connectivity index (χ4n) is 4.80. The van der Waals surface area contributed by atoms with Crippen molar-refractivity contribution in [3.05, 3.63) is 35.9 Å². The van der Waals surface area contributed by atoms with E-state index in [1.807, 2.05) is 29.2 Å². The van der Waals surface area contributed by atoms with Gasteiger partial charge in [0.2, 0.25) is 5.88 Å². The number of methoxy groups -OCH3 is 1. The topological polar surface area (TPSA) is 65.9 Å². The molecule has 1 N–H and O–H groups in total. The van der Waals surface area contributed by atoms with Crippen molar-refractivity contribution in [2.24, 2.45) is 5.41 Å². The summed E-state index contributed by atoms with van der Waals surface area (Å²) in [5.74, 6) is 0.464. The minimum absolute atomic E-state index is 0.0115. The van der Waals surface area contributed by atoms with E-state index in [9.17, 15) is 9.90 Å². The number of amides is 1. The van der Waals surface area contributed by atoms with Crippen molar-refractivity contribution in [3.8, 4) is 5.88 Å². The standard InChI is InChI=1S/C21H27N3O3/c1-23-10-5-8-21(14-25)9-11-24(13-18(21)23)20(26)16-12-19(27-2)22-17-7-4-3-6-15(16)17/h3-4,6-7,12,18,25H,5,8-11,13-14H2,1-2H3/t18-,21-/m1/s1. The Hall–Kier alpha value is -2.18. The molecule has 2 aliphatic heterocycles. The van der Waals surface area contributed by atoms with Crippen LogP contribution in [-0.4, -0.2) is 72.2 Å². The summed E-state index contributed by atoms with van der Waals surface area (Å²) < 4.78 is 5.31. The predicted molar refractivity (Wildman–Crippen MR) is 104 cm³/mol. The van der Waals surface area contributed by atoms with Crippen LogP contribution < -0.4 is 4.74 Å². The van der Waals surface area contributed by atoms with Crippen LogP contribution in [0.3, 0.4) is 0 Å². The maximum atomic E-state index is 13.4. The van der Waals surface area contributed by atoms with Crippen LogP contribution in [0.2, 0.25) is 0 Å². The smallest absolute Gasteiger partial charge is 0.254 e. The van der Waals surface area contributed by atoms with E-state index in [4.69, 9.17) is 4.74 Å². The van der Waals surface area contributed by atoms with Gasteiger partial charge in [-0.05, 0) is 38.9 Å². The Kier molecular flexibility index (Phi) is 4.78. The highest BCUT2D eigenvalue weighted by molar-refractivity contribution is 6.06. The number of aromatic nitrogens is 1. The molecule has 0 radical (unpaired) electrons. The average molecular weight is 369 g/mol. The average Bonchev–Trinajstić information content (AvgIpc) is 2.72. The second-order valence-electron chi connectivity index (χ2n) is 7.85. The molecule has 144 valence electrons. The maximum absolute atomic E-state index is 13.4. The van der Waals surface area contributed by atoms with Crippen LogP contribution in [0.5, 0.6) is 5.88 Å². The number of carbonyl (C=O) groups is 1. The summed E-state index contributed by atoms with van der Waals surface area (Å²) in [5, 5.41) is 10.9. The first-order valence-electron chi connectivity index (χ1n) is 9.62. The van der Waals surface area contributed by atoms with Gasteiger partial charge in [0.1, 0.15) is 0 Å². The minimum Gasteiger partial charge on any atom is -0.481 e. The molecule has 1 aromatic carbocycles. The van der Waals surface area contributed by atoms with E-state index in [0.717, 1.165) is 36.7 Å². The number of rotatable bonds is 3. The number of hydrogen-bond donors (Lipinski definition) is 1. The van der Waals surface area contributed by atoms with Gasteiger partial charge in [-0.25, -0.2) is 4.98 Å². The molecule has 2 saturated heterocycles. The second kappa shape index (κ2) is 7.09. The van der Waals surface area contributed by atoms with Gasteiger partial charge in [-0.2, -0.15) is 0 Å². The molecule has 0 spiro atoms. The number of aliphatic hydroxyl groups excluding tert-OH is 1. The fraction of sp³-hybridized carbons (Fsp3) is 0.524. The number of aliphatic hydroxyl groups is 1. The first-order chi connectivity index (χ1) is 13.1. The molecule has 0 bridgehead atoms. The lowest BCUT2D eigenvalue weighted by Gasteiger charge is -2.53. The van der Waals surface area contributed by atoms with E-state index in [0.29, 0.717) is 24.5 Å². The number of carbonyl (C=O) groups excluding carboxylic acids is 1. The summed E-state index contributed by atoms with van der Waals surface area (Å²) in [7, 11) is 3.67. The van der Waals surface area contributed by atoms with Crippen LogP contribution in [0.1, 0.15) is 29.6 Å². The number of ether oxygens (including phenoxy) is 1. The van der Waals surface area contributed by atoms with Crippen molar-refractivity contribution >= 4 is 16.8 Å². The molecule has 6 nitrogen and oxygen atoms in total. The Labute approximate surface area is 159 Å². The molecule has 2 atom stereocenters. The lowest BCUT2D eigenvalue weighted by molar-refractivity contribution is -0.0601. The SMILES string of the molecule is COc1cc(C(=O)N2CC[C@@]3(CO)CCCN(C)[C@@H]3C2)c2ccccc2n1.